The Kier molecular flexibility index (Phi) is 7.82. The number of ether oxygens (including phenoxy) is 2. The molecule has 1 unspecified atom stereocenters. The number of hydrogen-bond acceptors (Lipinski definition) is 9. The number of esters is 2. The second kappa shape index (κ2) is 11.4. The van der Waals surface area contributed by atoms with Crippen molar-refractivity contribution >= 4 is 23.5 Å². The molecule has 0 fully saturated rings. The van der Waals surface area contributed by atoms with Crippen molar-refractivity contribution in [3.63, 3.8) is 0 Å². The van der Waals surface area contributed by atoms with Gasteiger partial charge in [0.2, 0.25) is 0 Å². The summed E-state index contributed by atoms with van der Waals surface area (Å²) in [6.07, 6.45) is 1.52. The number of aryl methyl sites for hydroxylation is 1. The molecule has 0 radical (unpaired) electrons. The summed E-state index contributed by atoms with van der Waals surface area (Å²) < 4.78 is 15.4. The van der Waals surface area contributed by atoms with E-state index < -0.39 is 17.9 Å². The van der Waals surface area contributed by atoms with Crippen LogP contribution in [0, 0.1) is 18.3 Å². The lowest BCUT2D eigenvalue weighted by Crippen LogP contribution is -2.41. The first-order chi connectivity index (χ1) is 18.8. The molecule has 3 N–H and O–H groups in total. The van der Waals surface area contributed by atoms with Gasteiger partial charge in [-0.3, -0.25) is 9.69 Å². The number of rotatable bonds is 7. The third-order valence-corrected chi connectivity index (χ3v) is 6.31. The van der Waals surface area contributed by atoms with Gasteiger partial charge >= 0.3 is 11.9 Å². The van der Waals surface area contributed by atoms with E-state index in [-0.39, 0.29) is 35.1 Å². The molecule has 39 heavy (non-hydrogen) atoms. The topological polar surface area (TPSA) is 148 Å². The van der Waals surface area contributed by atoms with E-state index in [1.54, 1.807) is 67.6 Å². The van der Waals surface area contributed by atoms with Crippen LogP contribution in [0.4, 0.5) is 5.69 Å². The molecule has 0 aliphatic carbocycles. The number of nitrogens with zero attached hydrogens (tertiary/aromatic N) is 2. The summed E-state index contributed by atoms with van der Waals surface area (Å²) in [7, 11) is 2.37. The highest BCUT2D eigenvalue weighted by Crippen LogP contribution is 2.43. The normalized spacial score (nSPS) is 15.0. The molecule has 0 saturated carbocycles. The summed E-state index contributed by atoms with van der Waals surface area (Å²) in [6, 6.07) is 19.1. The number of nitrogens with two attached hydrogens (primary N) is 1. The number of methoxy groups -OCH3 is 2. The Labute approximate surface area is 224 Å². The summed E-state index contributed by atoms with van der Waals surface area (Å²) >= 11 is 0. The Morgan fingerprint density at radius 3 is 2.36 bits per heavy atom. The molecular formula is C29H26N4O6. The largest absolute Gasteiger partial charge is 0.467 e. The van der Waals surface area contributed by atoms with Gasteiger partial charge in [-0.2, -0.15) is 5.26 Å². The van der Waals surface area contributed by atoms with Crippen LogP contribution in [0.15, 0.2) is 94.0 Å². The van der Waals surface area contributed by atoms with Crippen LogP contribution >= 0.6 is 0 Å². The summed E-state index contributed by atoms with van der Waals surface area (Å²) in [5.74, 6) is -2.44. The lowest BCUT2D eigenvalue weighted by Gasteiger charge is -2.36. The third kappa shape index (κ3) is 5.10. The first-order valence-corrected chi connectivity index (χ1v) is 11.9. The summed E-state index contributed by atoms with van der Waals surface area (Å²) in [6.45, 7) is 1.92. The van der Waals surface area contributed by atoms with Crippen LogP contribution in [0.1, 0.15) is 33.2 Å². The van der Waals surface area contributed by atoms with Gasteiger partial charge in [0.15, 0.2) is 0 Å². The number of allylic oxidation sites excluding steroid dienone is 1. The molecule has 4 rings (SSSR count). The lowest BCUT2D eigenvalue weighted by atomic mass is 9.80. The van der Waals surface area contributed by atoms with Crippen LogP contribution < -0.4 is 16.0 Å². The van der Waals surface area contributed by atoms with Crippen molar-refractivity contribution in [1.82, 2.24) is 5.32 Å². The Bertz CT molecular complexity index is 1520. The monoisotopic (exact) mass is 526 g/mol. The molecule has 3 aromatic rings. The van der Waals surface area contributed by atoms with Crippen molar-refractivity contribution in [2.45, 2.75) is 19.4 Å². The first kappa shape index (κ1) is 26.8. The first-order valence-electron chi connectivity index (χ1n) is 11.9. The van der Waals surface area contributed by atoms with Crippen molar-refractivity contribution in [2.24, 2.45) is 5.73 Å². The second-order valence-corrected chi connectivity index (χ2v) is 8.60. The number of anilines is 1. The van der Waals surface area contributed by atoms with E-state index in [4.69, 9.17) is 19.6 Å². The van der Waals surface area contributed by atoms with Gasteiger partial charge < -0.3 is 24.9 Å². The maximum atomic E-state index is 13.2. The van der Waals surface area contributed by atoms with Crippen LogP contribution in [-0.4, -0.2) is 32.1 Å². The number of hydrogen-bond donors (Lipinski definition) is 2. The van der Waals surface area contributed by atoms with Gasteiger partial charge in [0.05, 0.1) is 55.8 Å². The van der Waals surface area contributed by atoms with Crippen molar-refractivity contribution in [1.29, 1.82) is 5.26 Å². The molecule has 1 amide bonds. The van der Waals surface area contributed by atoms with Crippen molar-refractivity contribution < 1.29 is 28.3 Å². The van der Waals surface area contributed by atoms with Gasteiger partial charge in [-0.25, -0.2) is 9.59 Å². The molecule has 2 heterocycles. The lowest BCUT2D eigenvalue weighted by molar-refractivity contribution is -0.139. The summed E-state index contributed by atoms with van der Waals surface area (Å²) in [5.41, 5.74) is 8.15. The minimum absolute atomic E-state index is 0.0499. The highest BCUT2D eigenvalue weighted by atomic mass is 16.5. The fourth-order valence-corrected chi connectivity index (χ4v) is 4.49. The van der Waals surface area contributed by atoms with E-state index in [9.17, 15) is 19.6 Å². The van der Waals surface area contributed by atoms with Crippen LogP contribution in [0.5, 0.6) is 0 Å². The average Bonchev–Trinajstić information content (AvgIpc) is 3.49. The van der Waals surface area contributed by atoms with E-state index in [0.717, 1.165) is 0 Å². The smallest absolute Gasteiger partial charge is 0.355 e. The second-order valence-electron chi connectivity index (χ2n) is 8.60. The van der Waals surface area contributed by atoms with Gasteiger partial charge in [-0.1, -0.05) is 30.3 Å². The Balaban J connectivity index is 1.85. The average molecular weight is 527 g/mol. The Hall–Kier alpha value is -5.30. The number of furan rings is 1. The van der Waals surface area contributed by atoms with Gasteiger partial charge in [0.25, 0.3) is 5.91 Å². The Morgan fingerprint density at radius 2 is 1.77 bits per heavy atom. The maximum absolute atomic E-state index is 13.2. The highest BCUT2D eigenvalue weighted by Gasteiger charge is 2.43. The van der Waals surface area contributed by atoms with Crippen LogP contribution in [0.2, 0.25) is 0 Å². The quantitative estimate of drug-likeness (QED) is 0.442. The van der Waals surface area contributed by atoms with Crippen molar-refractivity contribution in [3.05, 3.63) is 112 Å². The zero-order valence-corrected chi connectivity index (χ0v) is 21.6. The molecule has 10 heteroatoms. The molecule has 1 aliphatic rings. The molecule has 10 nitrogen and oxygen atoms in total. The van der Waals surface area contributed by atoms with Crippen LogP contribution in [0.3, 0.4) is 0 Å². The van der Waals surface area contributed by atoms with Crippen molar-refractivity contribution in [2.75, 3.05) is 19.1 Å². The molecule has 0 spiro atoms. The highest BCUT2D eigenvalue weighted by molar-refractivity contribution is 6.06. The predicted octanol–water partition coefficient (Wildman–Crippen LogP) is 3.42. The predicted molar refractivity (Wildman–Crippen MR) is 141 cm³/mol. The molecule has 1 atom stereocenters. The maximum Gasteiger partial charge on any atom is 0.355 e. The van der Waals surface area contributed by atoms with Crippen LogP contribution in [0.25, 0.3) is 0 Å². The van der Waals surface area contributed by atoms with E-state index in [0.29, 0.717) is 28.1 Å². The Morgan fingerprint density at radius 1 is 1.05 bits per heavy atom. The SMILES string of the molecule is COC(=O)C1=C(C(=O)OC)N(c2ccc(C(=O)NCc3ccco3)cc2C)C(N)=C(C#N)C1c1ccccc1. The fraction of sp³-hybridized carbons (Fsp3) is 0.172. The molecule has 1 aliphatic heterocycles. The number of nitrogens with one attached hydrogen (secondary N) is 1. The molecule has 0 saturated heterocycles. The molecular weight excluding hydrogens is 500 g/mol. The molecule has 198 valence electrons. The van der Waals surface area contributed by atoms with Crippen LogP contribution in [-0.2, 0) is 25.6 Å². The number of carbonyl (C=O) groups is 3. The number of benzene rings is 2. The van der Waals surface area contributed by atoms with E-state index in [1.807, 2.05) is 0 Å². The molecule has 2 aromatic carbocycles. The van der Waals surface area contributed by atoms with Gasteiger partial charge in [0, 0.05) is 5.56 Å². The number of nitriles is 1. The molecule has 0 bridgehead atoms. The fourth-order valence-electron chi connectivity index (χ4n) is 4.49. The van der Waals surface area contributed by atoms with E-state index in [2.05, 4.69) is 11.4 Å². The minimum atomic E-state index is -0.971. The van der Waals surface area contributed by atoms with E-state index in [1.165, 1.54) is 25.4 Å². The van der Waals surface area contributed by atoms with E-state index >= 15 is 0 Å². The zero-order valence-electron chi connectivity index (χ0n) is 21.6. The number of carbonyl (C=O) groups excluding carboxylic acids is 3. The van der Waals surface area contributed by atoms with Gasteiger partial charge in [-0.15, -0.1) is 0 Å². The van der Waals surface area contributed by atoms with Gasteiger partial charge in [0.1, 0.15) is 17.3 Å². The standard InChI is InChI=1S/C29H26N4O6/c1-17-14-19(27(34)32-16-20-10-7-13-39-20)11-12-22(17)33-25(29(36)38-3)24(28(35)37-2)23(21(15-30)26(33)31)18-8-5-4-6-9-18/h4-14,23H,16,31H2,1-3H3,(H,32,34). The third-order valence-electron chi connectivity index (χ3n) is 6.31. The minimum Gasteiger partial charge on any atom is -0.467 e. The summed E-state index contributed by atoms with van der Waals surface area (Å²) in [5, 5.41) is 12.9. The van der Waals surface area contributed by atoms with Crippen molar-refractivity contribution in [3.8, 4) is 6.07 Å². The van der Waals surface area contributed by atoms with Gasteiger partial charge in [-0.05, 0) is 48.4 Å². The molecule has 1 aromatic heterocycles. The summed E-state index contributed by atoms with van der Waals surface area (Å²) in [4.78, 5) is 40.5. The zero-order chi connectivity index (χ0) is 28.1. The number of amides is 1.